The third kappa shape index (κ3) is 3.92. The van der Waals surface area contributed by atoms with E-state index in [2.05, 4.69) is 5.32 Å². The third-order valence-corrected chi connectivity index (χ3v) is 4.43. The van der Waals surface area contributed by atoms with Gasteiger partial charge in [-0.05, 0) is 48.2 Å². The van der Waals surface area contributed by atoms with E-state index in [0.717, 1.165) is 4.90 Å². The van der Waals surface area contributed by atoms with Crippen LogP contribution in [0.25, 0.3) is 6.08 Å². The zero-order valence-corrected chi connectivity index (χ0v) is 14.1. The van der Waals surface area contributed by atoms with Crippen LogP contribution in [0.15, 0.2) is 53.4 Å². The van der Waals surface area contributed by atoms with Gasteiger partial charge in [-0.25, -0.2) is 4.39 Å². The van der Waals surface area contributed by atoms with Crippen molar-refractivity contribution in [1.29, 1.82) is 0 Å². The number of hydrogen-bond acceptors (Lipinski definition) is 5. The molecule has 8 heteroatoms. The van der Waals surface area contributed by atoms with Crippen molar-refractivity contribution in [2.45, 2.75) is 0 Å². The van der Waals surface area contributed by atoms with Crippen molar-refractivity contribution in [2.24, 2.45) is 0 Å². The van der Waals surface area contributed by atoms with Gasteiger partial charge in [-0.1, -0.05) is 18.2 Å². The molecule has 1 fully saturated rings. The maximum Gasteiger partial charge on any atom is 0.294 e. The molecule has 0 aliphatic carbocycles. The first-order valence-corrected chi connectivity index (χ1v) is 8.34. The molecule has 0 radical (unpaired) electrons. The Morgan fingerprint density at radius 2 is 1.85 bits per heavy atom. The average molecular weight is 372 g/mol. The van der Waals surface area contributed by atoms with E-state index in [1.54, 1.807) is 18.2 Å². The quantitative estimate of drug-likeness (QED) is 0.805. The summed E-state index contributed by atoms with van der Waals surface area (Å²) in [5.74, 6) is -1.66. The van der Waals surface area contributed by atoms with Crippen molar-refractivity contribution in [3.63, 3.8) is 0 Å². The lowest BCUT2D eigenvalue weighted by Crippen LogP contribution is -2.36. The van der Waals surface area contributed by atoms with Crippen LogP contribution in [0.1, 0.15) is 5.56 Å². The number of para-hydroxylation sites is 1. The van der Waals surface area contributed by atoms with Crippen LogP contribution < -0.4 is 5.32 Å². The maximum atomic E-state index is 12.9. The number of nitrogens with zero attached hydrogens (tertiary/aromatic N) is 1. The standard InChI is InChI=1S/C18H13FN2O4S/c19-12-5-7-13(8-6-12)20-16(23)10-21-17(24)15(26-18(21)25)9-11-3-1-2-4-14(11)22/h1-9,22H,10H2,(H,20,23)/b15-9-. The second-order valence-electron chi connectivity index (χ2n) is 5.38. The first kappa shape index (κ1) is 17.7. The van der Waals surface area contributed by atoms with E-state index in [4.69, 9.17) is 0 Å². The topological polar surface area (TPSA) is 86.7 Å². The molecule has 1 aliphatic rings. The molecule has 0 bridgehead atoms. The minimum atomic E-state index is -0.613. The number of halogens is 1. The van der Waals surface area contributed by atoms with Crippen molar-refractivity contribution >= 4 is 40.6 Å². The van der Waals surface area contributed by atoms with E-state index in [-0.39, 0.29) is 10.7 Å². The van der Waals surface area contributed by atoms with E-state index in [0.29, 0.717) is 23.0 Å². The van der Waals surface area contributed by atoms with Crippen molar-refractivity contribution in [2.75, 3.05) is 11.9 Å². The van der Waals surface area contributed by atoms with E-state index >= 15 is 0 Å². The van der Waals surface area contributed by atoms with Gasteiger partial charge in [0, 0.05) is 11.3 Å². The number of phenolic OH excluding ortho intramolecular Hbond substituents is 1. The number of imide groups is 1. The first-order chi connectivity index (χ1) is 12.4. The lowest BCUT2D eigenvalue weighted by atomic mass is 10.2. The Hall–Kier alpha value is -3.13. The van der Waals surface area contributed by atoms with Gasteiger partial charge in [0.1, 0.15) is 18.1 Å². The Kier molecular flexibility index (Phi) is 5.04. The van der Waals surface area contributed by atoms with Gasteiger partial charge in [0.15, 0.2) is 0 Å². The fourth-order valence-corrected chi connectivity index (χ4v) is 3.09. The molecular weight excluding hydrogens is 359 g/mol. The molecule has 1 heterocycles. The Labute approximate surface area is 152 Å². The van der Waals surface area contributed by atoms with E-state index in [1.165, 1.54) is 36.4 Å². The Balaban J connectivity index is 1.70. The molecule has 0 unspecified atom stereocenters. The van der Waals surface area contributed by atoms with Crippen molar-refractivity contribution in [3.05, 3.63) is 64.8 Å². The summed E-state index contributed by atoms with van der Waals surface area (Å²) in [5.41, 5.74) is 0.752. The number of phenols is 1. The molecule has 3 amide bonds. The van der Waals surface area contributed by atoms with Crippen LogP contribution in [-0.4, -0.2) is 33.6 Å². The summed E-state index contributed by atoms with van der Waals surface area (Å²) in [6.45, 7) is -0.458. The van der Waals surface area contributed by atoms with Gasteiger partial charge in [0.05, 0.1) is 4.91 Å². The lowest BCUT2D eigenvalue weighted by Gasteiger charge is -2.12. The van der Waals surface area contributed by atoms with Crippen molar-refractivity contribution < 1.29 is 23.9 Å². The number of carbonyl (C=O) groups is 3. The normalized spacial score (nSPS) is 15.6. The molecule has 3 rings (SSSR count). The van der Waals surface area contributed by atoms with Crippen molar-refractivity contribution in [1.82, 2.24) is 4.90 Å². The molecule has 0 saturated carbocycles. The smallest absolute Gasteiger partial charge is 0.294 e. The van der Waals surface area contributed by atoms with Crippen LogP contribution in [0.2, 0.25) is 0 Å². The zero-order chi connectivity index (χ0) is 18.7. The van der Waals surface area contributed by atoms with E-state index < -0.39 is 29.4 Å². The van der Waals surface area contributed by atoms with Gasteiger partial charge in [0.2, 0.25) is 5.91 Å². The predicted octanol–water partition coefficient (Wildman–Crippen LogP) is 3.21. The highest BCUT2D eigenvalue weighted by atomic mass is 32.2. The number of anilines is 1. The highest BCUT2D eigenvalue weighted by Crippen LogP contribution is 2.33. The summed E-state index contributed by atoms with van der Waals surface area (Å²) in [6, 6.07) is 11.5. The van der Waals surface area contributed by atoms with Crippen LogP contribution in [-0.2, 0) is 9.59 Å². The number of hydrogen-bond donors (Lipinski definition) is 2. The van der Waals surface area contributed by atoms with E-state index in [9.17, 15) is 23.9 Å². The molecule has 0 aromatic heterocycles. The summed E-state index contributed by atoms with van der Waals surface area (Å²) in [5, 5.41) is 11.7. The van der Waals surface area contributed by atoms with Crippen LogP contribution in [0.4, 0.5) is 14.9 Å². The molecule has 2 aromatic rings. The SMILES string of the molecule is O=C(CN1C(=O)S/C(=C\c2ccccc2O)C1=O)Nc1ccc(F)cc1. The number of nitrogens with one attached hydrogen (secondary N) is 1. The van der Waals surface area contributed by atoms with Crippen molar-refractivity contribution in [3.8, 4) is 5.75 Å². The lowest BCUT2D eigenvalue weighted by molar-refractivity contribution is -0.127. The average Bonchev–Trinajstić information content (AvgIpc) is 2.86. The summed E-state index contributed by atoms with van der Waals surface area (Å²) < 4.78 is 12.9. The zero-order valence-electron chi connectivity index (χ0n) is 13.3. The number of amides is 3. The molecule has 0 spiro atoms. The van der Waals surface area contributed by atoms with Gasteiger partial charge in [-0.2, -0.15) is 0 Å². The largest absolute Gasteiger partial charge is 0.507 e. The minimum Gasteiger partial charge on any atom is -0.507 e. The number of thioether (sulfide) groups is 1. The summed E-state index contributed by atoms with van der Waals surface area (Å²) in [7, 11) is 0. The molecule has 2 N–H and O–H groups in total. The Morgan fingerprint density at radius 3 is 2.54 bits per heavy atom. The molecule has 1 saturated heterocycles. The van der Waals surface area contributed by atoms with Crippen LogP contribution in [0, 0.1) is 5.82 Å². The van der Waals surface area contributed by atoms with Gasteiger partial charge < -0.3 is 10.4 Å². The second kappa shape index (κ2) is 7.40. The fourth-order valence-electron chi connectivity index (χ4n) is 2.26. The van der Waals surface area contributed by atoms with Gasteiger partial charge >= 0.3 is 0 Å². The first-order valence-electron chi connectivity index (χ1n) is 7.53. The van der Waals surface area contributed by atoms with Crippen LogP contribution in [0.5, 0.6) is 5.75 Å². The molecule has 132 valence electrons. The number of aromatic hydroxyl groups is 1. The van der Waals surface area contributed by atoms with Gasteiger partial charge in [0.25, 0.3) is 11.1 Å². The molecule has 1 aliphatic heterocycles. The number of benzene rings is 2. The summed E-state index contributed by atoms with van der Waals surface area (Å²) >= 11 is 0.693. The molecule has 6 nitrogen and oxygen atoms in total. The maximum absolute atomic E-state index is 12.9. The highest BCUT2D eigenvalue weighted by molar-refractivity contribution is 8.18. The monoisotopic (exact) mass is 372 g/mol. The molecule has 0 atom stereocenters. The number of rotatable bonds is 4. The minimum absolute atomic E-state index is 0.0200. The molecular formula is C18H13FN2O4S. The van der Waals surface area contributed by atoms with Crippen LogP contribution in [0.3, 0.4) is 0 Å². The highest BCUT2D eigenvalue weighted by Gasteiger charge is 2.36. The second-order valence-corrected chi connectivity index (χ2v) is 6.37. The van der Waals surface area contributed by atoms with Gasteiger partial charge in [-0.3, -0.25) is 19.3 Å². The van der Waals surface area contributed by atoms with Crippen LogP contribution >= 0.6 is 11.8 Å². The number of carbonyl (C=O) groups excluding carboxylic acids is 3. The predicted molar refractivity (Wildman–Crippen MR) is 95.8 cm³/mol. The van der Waals surface area contributed by atoms with E-state index in [1.807, 2.05) is 0 Å². The summed E-state index contributed by atoms with van der Waals surface area (Å²) in [4.78, 5) is 37.4. The molecule has 2 aromatic carbocycles. The summed E-state index contributed by atoms with van der Waals surface area (Å²) in [6.07, 6.45) is 1.40. The third-order valence-electron chi connectivity index (χ3n) is 3.53. The Bertz CT molecular complexity index is 912. The molecule has 26 heavy (non-hydrogen) atoms. The van der Waals surface area contributed by atoms with Gasteiger partial charge in [-0.15, -0.1) is 0 Å². The Morgan fingerprint density at radius 1 is 1.15 bits per heavy atom. The fraction of sp³-hybridized carbons (Fsp3) is 0.0556.